The number of piperidine rings is 1. The zero-order valence-electron chi connectivity index (χ0n) is 17.5. The van der Waals surface area contributed by atoms with Crippen molar-refractivity contribution in [3.05, 3.63) is 35.1 Å². The number of aryl methyl sites for hydroxylation is 1. The second-order valence-corrected chi connectivity index (χ2v) is 9.78. The number of carbonyl (C=O) groups is 1. The van der Waals surface area contributed by atoms with Gasteiger partial charge in [-0.25, -0.2) is 4.98 Å². The largest absolute Gasteiger partial charge is 0.331 e. The summed E-state index contributed by atoms with van der Waals surface area (Å²) in [4.78, 5) is 19.6. The zero-order valence-corrected chi connectivity index (χ0v) is 18.3. The number of nitrogens with one attached hydrogen (secondary N) is 1. The van der Waals surface area contributed by atoms with Crippen LogP contribution in [0, 0.1) is 0 Å². The summed E-state index contributed by atoms with van der Waals surface area (Å²) in [5.41, 5.74) is 2.13. The SMILES string of the molecule is Cn1c([C@@H]2CCCN(CC(=O)Nc3nnc(C(C)(C)C)s3)C2)nc2ccccc21. The van der Waals surface area contributed by atoms with Gasteiger partial charge in [-0.2, -0.15) is 0 Å². The summed E-state index contributed by atoms with van der Waals surface area (Å²) >= 11 is 1.45. The molecule has 29 heavy (non-hydrogen) atoms. The molecule has 3 heterocycles. The first-order valence-corrected chi connectivity index (χ1v) is 10.9. The molecule has 0 unspecified atom stereocenters. The Balaban J connectivity index is 1.40. The molecule has 0 aliphatic carbocycles. The number of fused-ring (bicyclic) bond motifs is 1. The van der Waals surface area contributed by atoms with Gasteiger partial charge in [0.25, 0.3) is 0 Å². The van der Waals surface area contributed by atoms with Crippen LogP contribution in [0.25, 0.3) is 11.0 Å². The minimum Gasteiger partial charge on any atom is -0.331 e. The minimum atomic E-state index is -0.0631. The third kappa shape index (κ3) is 4.33. The number of hydrogen-bond acceptors (Lipinski definition) is 6. The number of anilines is 1. The highest BCUT2D eigenvalue weighted by Crippen LogP contribution is 2.29. The number of imidazole rings is 1. The smallest absolute Gasteiger partial charge is 0.240 e. The second-order valence-electron chi connectivity index (χ2n) is 8.80. The highest BCUT2D eigenvalue weighted by atomic mass is 32.1. The number of hydrogen-bond donors (Lipinski definition) is 1. The Bertz CT molecular complexity index is 1020. The lowest BCUT2D eigenvalue weighted by atomic mass is 9.97. The molecule has 1 aliphatic heterocycles. The fourth-order valence-corrected chi connectivity index (χ4v) is 4.70. The molecule has 1 aliphatic rings. The normalized spacial score (nSPS) is 18.3. The summed E-state index contributed by atoms with van der Waals surface area (Å²) in [7, 11) is 2.08. The van der Waals surface area contributed by atoms with Gasteiger partial charge in [0.05, 0.1) is 17.6 Å². The molecule has 1 amide bonds. The van der Waals surface area contributed by atoms with Crippen LogP contribution in [0.5, 0.6) is 0 Å². The van der Waals surface area contributed by atoms with Crippen LogP contribution in [-0.2, 0) is 17.3 Å². The number of benzene rings is 1. The van der Waals surface area contributed by atoms with Gasteiger partial charge >= 0.3 is 0 Å². The van der Waals surface area contributed by atoms with E-state index in [0.717, 1.165) is 47.8 Å². The Morgan fingerprint density at radius 1 is 1.28 bits per heavy atom. The van der Waals surface area contributed by atoms with Crippen LogP contribution < -0.4 is 5.32 Å². The summed E-state index contributed by atoms with van der Waals surface area (Å²) < 4.78 is 2.19. The molecular formula is C21H28N6OS. The van der Waals surface area contributed by atoms with Crippen LogP contribution in [0.1, 0.15) is 50.4 Å². The number of carbonyl (C=O) groups excluding carboxylic acids is 1. The van der Waals surface area contributed by atoms with Crippen molar-refractivity contribution >= 4 is 33.4 Å². The van der Waals surface area contributed by atoms with Gasteiger partial charge in [0.2, 0.25) is 11.0 Å². The van der Waals surface area contributed by atoms with E-state index < -0.39 is 0 Å². The Morgan fingerprint density at radius 3 is 2.79 bits per heavy atom. The first kappa shape index (κ1) is 20.0. The van der Waals surface area contributed by atoms with Gasteiger partial charge in [-0.1, -0.05) is 44.2 Å². The van der Waals surface area contributed by atoms with E-state index in [4.69, 9.17) is 4.98 Å². The lowest BCUT2D eigenvalue weighted by Crippen LogP contribution is -2.40. The monoisotopic (exact) mass is 412 g/mol. The highest BCUT2D eigenvalue weighted by Gasteiger charge is 2.27. The molecule has 7 nitrogen and oxygen atoms in total. The fraction of sp³-hybridized carbons (Fsp3) is 0.524. The molecule has 0 saturated carbocycles. The van der Waals surface area contributed by atoms with Gasteiger partial charge in [0, 0.05) is 24.9 Å². The molecule has 1 aromatic carbocycles. The number of amides is 1. The minimum absolute atomic E-state index is 0.0349. The molecule has 2 aromatic heterocycles. The molecule has 1 atom stereocenters. The van der Waals surface area contributed by atoms with Crippen molar-refractivity contribution in [3.63, 3.8) is 0 Å². The Kier molecular flexibility index (Phi) is 5.40. The molecule has 0 spiro atoms. The van der Waals surface area contributed by atoms with Crippen molar-refractivity contribution in [2.75, 3.05) is 25.0 Å². The summed E-state index contributed by atoms with van der Waals surface area (Å²) in [5, 5.41) is 12.7. The van der Waals surface area contributed by atoms with Crippen LogP contribution in [0.4, 0.5) is 5.13 Å². The van der Waals surface area contributed by atoms with E-state index in [2.05, 4.69) is 64.9 Å². The Labute approximate surface area is 175 Å². The van der Waals surface area contributed by atoms with E-state index in [-0.39, 0.29) is 11.3 Å². The average Bonchev–Trinajstić information content (AvgIpc) is 3.27. The highest BCUT2D eigenvalue weighted by molar-refractivity contribution is 7.15. The van der Waals surface area contributed by atoms with E-state index in [1.54, 1.807) is 0 Å². The summed E-state index contributed by atoms with van der Waals surface area (Å²) in [6.07, 6.45) is 2.16. The molecule has 0 bridgehead atoms. The topological polar surface area (TPSA) is 75.9 Å². The van der Waals surface area contributed by atoms with Crippen LogP contribution in [-0.4, -0.2) is 50.2 Å². The molecule has 8 heteroatoms. The van der Waals surface area contributed by atoms with Crippen LogP contribution in [0.3, 0.4) is 0 Å². The van der Waals surface area contributed by atoms with Crippen molar-refractivity contribution in [3.8, 4) is 0 Å². The van der Waals surface area contributed by atoms with Crippen molar-refractivity contribution in [1.29, 1.82) is 0 Å². The lowest BCUT2D eigenvalue weighted by Gasteiger charge is -2.31. The predicted octanol–water partition coefficient (Wildman–Crippen LogP) is 3.54. The van der Waals surface area contributed by atoms with Gasteiger partial charge in [-0.3, -0.25) is 15.0 Å². The van der Waals surface area contributed by atoms with Gasteiger partial charge in [0.1, 0.15) is 10.8 Å². The fourth-order valence-electron chi connectivity index (χ4n) is 3.88. The van der Waals surface area contributed by atoms with E-state index in [9.17, 15) is 4.79 Å². The van der Waals surface area contributed by atoms with Gasteiger partial charge in [-0.05, 0) is 31.5 Å². The van der Waals surface area contributed by atoms with Crippen molar-refractivity contribution in [2.24, 2.45) is 7.05 Å². The van der Waals surface area contributed by atoms with Crippen molar-refractivity contribution < 1.29 is 4.79 Å². The second kappa shape index (κ2) is 7.84. The maximum Gasteiger partial charge on any atom is 0.240 e. The summed E-state index contributed by atoms with van der Waals surface area (Å²) in [6.45, 7) is 8.41. The number of nitrogens with zero attached hydrogens (tertiary/aromatic N) is 5. The number of para-hydroxylation sites is 2. The number of rotatable bonds is 4. The lowest BCUT2D eigenvalue weighted by molar-refractivity contribution is -0.117. The maximum atomic E-state index is 12.6. The standard InChI is InChI=1S/C21H28N6OS/c1-21(2,3)19-24-25-20(29-19)23-17(28)13-27-11-7-8-14(12-27)18-22-15-9-5-6-10-16(15)26(18)4/h5-6,9-10,14H,7-8,11-13H2,1-4H3,(H,23,25,28)/t14-/m1/s1. The Morgan fingerprint density at radius 2 is 2.07 bits per heavy atom. The van der Waals surface area contributed by atoms with Crippen molar-refractivity contribution in [2.45, 2.75) is 44.9 Å². The van der Waals surface area contributed by atoms with E-state index in [1.807, 2.05) is 12.1 Å². The van der Waals surface area contributed by atoms with Crippen molar-refractivity contribution in [1.82, 2.24) is 24.6 Å². The third-order valence-electron chi connectivity index (χ3n) is 5.37. The van der Waals surface area contributed by atoms with Gasteiger partial charge < -0.3 is 4.57 Å². The third-order valence-corrected chi connectivity index (χ3v) is 6.64. The van der Waals surface area contributed by atoms with E-state index in [0.29, 0.717) is 17.6 Å². The van der Waals surface area contributed by atoms with E-state index >= 15 is 0 Å². The maximum absolute atomic E-state index is 12.6. The van der Waals surface area contributed by atoms with Crippen LogP contribution in [0.2, 0.25) is 0 Å². The van der Waals surface area contributed by atoms with Gasteiger partial charge in [-0.15, -0.1) is 10.2 Å². The van der Waals surface area contributed by atoms with Crippen LogP contribution in [0.15, 0.2) is 24.3 Å². The molecule has 154 valence electrons. The van der Waals surface area contributed by atoms with Gasteiger partial charge in [0.15, 0.2) is 0 Å². The predicted molar refractivity (Wildman–Crippen MR) is 116 cm³/mol. The molecule has 1 fully saturated rings. The quantitative estimate of drug-likeness (QED) is 0.709. The number of aromatic nitrogens is 4. The molecule has 1 N–H and O–H groups in total. The molecule has 0 radical (unpaired) electrons. The molecule has 3 aromatic rings. The molecule has 1 saturated heterocycles. The average molecular weight is 413 g/mol. The summed E-state index contributed by atoms with van der Waals surface area (Å²) in [5.74, 6) is 1.41. The van der Waals surface area contributed by atoms with Crippen LogP contribution >= 0.6 is 11.3 Å². The number of likely N-dealkylation sites (tertiary alicyclic amines) is 1. The molecular weight excluding hydrogens is 384 g/mol. The molecule has 4 rings (SSSR count). The zero-order chi connectivity index (χ0) is 20.6. The first-order valence-electron chi connectivity index (χ1n) is 10.1. The van der Waals surface area contributed by atoms with E-state index in [1.165, 1.54) is 11.3 Å². The Hall–Kier alpha value is -2.32. The first-order chi connectivity index (χ1) is 13.8. The summed E-state index contributed by atoms with van der Waals surface area (Å²) in [6, 6.07) is 8.23.